The minimum absolute atomic E-state index is 0.0808. The number of fused-ring (bicyclic) bond motifs is 1. The van der Waals surface area contributed by atoms with Gasteiger partial charge in [0, 0.05) is 16.0 Å². The van der Waals surface area contributed by atoms with Gasteiger partial charge in [0.15, 0.2) is 0 Å². The Balaban J connectivity index is 1.97. The van der Waals surface area contributed by atoms with E-state index in [2.05, 4.69) is 21.6 Å². The number of aryl methyl sites for hydroxylation is 1. The van der Waals surface area contributed by atoms with E-state index < -0.39 is 0 Å². The summed E-state index contributed by atoms with van der Waals surface area (Å²) in [5.74, 6) is 0. The number of anilines is 1. The normalized spacial score (nSPS) is 12.1. The van der Waals surface area contributed by atoms with E-state index in [1.54, 1.807) is 6.07 Å². The van der Waals surface area contributed by atoms with Gasteiger partial charge in [-0.15, -0.1) is 11.3 Å². The van der Waals surface area contributed by atoms with Crippen LogP contribution in [0.5, 0.6) is 0 Å². The molecule has 0 saturated carbocycles. The SMILES string of the molecule is Cc1c(C#N)sc(C(C)Nc2ccc3c(C)n[nH]c(=O)c3c2)c1Cl. The van der Waals surface area contributed by atoms with E-state index in [4.69, 9.17) is 16.9 Å². The van der Waals surface area contributed by atoms with Crippen molar-refractivity contribution < 1.29 is 0 Å². The molecule has 0 radical (unpaired) electrons. The third-order valence-electron chi connectivity index (χ3n) is 3.96. The Bertz CT molecular complexity index is 1030. The van der Waals surface area contributed by atoms with E-state index in [0.29, 0.717) is 15.3 Å². The molecule has 0 bridgehead atoms. The molecule has 1 aromatic carbocycles. The summed E-state index contributed by atoms with van der Waals surface area (Å²) in [6.07, 6.45) is 0. The van der Waals surface area contributed by atoms with Gasteiger partial charge >= 0.3 is 0 Å². The monoisotopic (exact) mass is 358 g/mol. The van der Waals surface area contributed by atoms with Gasteiger partial charge in [0.1, 0.15) is 10.9 Å². The standard InChI is InChI=1S/C17H15ClN4OS/c1-8-14(7-19)24-16(15(8)18)10(3)20-11-4-5-12-9(2)21-22-17(23)13(12)6-11/h4-6,10,20H,1-3H3,(H,22,23). The van der Waals surface area contributed by atoms with E-state index in [1.165, 1.54) is 11.3 Å². The minimum atomic E-state index is -0.219. The number of benzene rings is 1. The lowest BCUT2D eigenvalue weighted by atomic mass is 10.1. The number of nitrogens with zero attached hydrogens (tertiary/aromatic N) is 2. The highest BCUT2D eigenvalue weighted by molar-refractivity contribution is 7.13. The van der Waals surface area contributed by atoms with Crippen molar-refractivity contribution in [1.29, 1.82) is 5.26 Å². The number of hydrogen-bond donors (Lipinski definition) is 2. The summed E-state index contributed by atoms with van der Waals surface area (Å²) in [6.45, 7) is 5.68. The van der Waals surface area contributed by atoms with Crippen LogP contribution in [0.25, 0.3) is 10.8 Å². The molecule has 2 heterocycles. The van der Waals surface area contributed by atoms with E-state index in [1.807, 2.05) is 32.9 Å². The maximum Gasteiger partial charge on any atom is 0.272 e. The molecule has 0 aliphatic rings. The summed E-state index contributed by atoms with van der Waals surface area (Å²) in [7, 11) is 0. The second-order valence-corrected chi connectivity index (χ2v) is 7.04. The maximum atomic E-state index is 12.0. The average molecular weight is 359 g/mol. The molecular weight excluding hydrogens is 344 g/mol. The molecule has 3 aromatic rings. The summed E-state index contributed by atoms with van der Waals surface area (Å²) in [5, 5.41) is 21.0. The van der Waals surface area contributed by atoms with Crippen LogP contribution < -0.4 is 10.9 Å². The van der Waals surface area contributed by atoms with Gasteiger partial charge in [-0.25, -0.2) is 5.10 Å². The van der Waals surface area contributed by atoms with Gasteiger partial charge in [-0.3, -0.25) is 4.79 Å². The smallest absolute Gasteiger partial charge is 0.272 e. The lowest BCUT2D eigenvalue weighted by Crippen LogP contribution is -2.11. The first-order valence-electron chi connectivity index (χ1n) is 7.36. The van der Waals surface area contributed by atoms with Crippen LogP contribution in [0, 0.1) is 25.2 Å². The van der Waals surface area contributed by atoms with Crippen LogP contribution in [0.4, 0.5) is 5.69 Å². The number of rotatable bonds is 3. The zero-order chi connectivity index (χ0) is 17.4. The van der Waals surface area contributed by atoms with Crippen LogP contribution in [0.1, 0.15) is 34.0 Å². The number of halogens is 1. The molecule has 5 nitrogen and oxygen atoms in total. The van der Waals surface area contributed by atoms with Crippen LogP contribution in [0.2, 0.25) is 5.02 Å². The van der Waals surface area contributed by atoms with Crippen LogP contribution in [-0.2, 0) is 0 Å². The second kappa shape index (κ2) is 6.27. The Morgan fingerprint density at radius 1 is 1.38 bits per heavy atom. The Labute approximate surface area is 147 Å². The van der Waals surface area contributed by atoms with E-state index in [9.17, 15) is 4.79 Å². The Morgan fingerprint density at radius 3 is 2.79 bits per heavy atom. The van der Waals surface area contributed by atoms with Gasteiger partial charge in [-0.2, -0.15) is 10.4 Å². The predicted octanol–water partition coefficient (Wildman–Crippen LogP) is 4.30. The van der Waals surface area contributed by atoms with Crippen molar-refractivity contribution in [2.75, 3.05) is 5.32 Å². The minimum Gasteiger partial charge on any atom is -0.378 e. The fourth-order valence-corrected chi connectivity index (χ4v) is 4.04. The molecule has 0 spiro atoms. The molecule has 2 aromatic heterocycles. The summed E-state index contributed by atoms with van der Waals surface area (Å²) in [5.41, 5.74) is 2.18. The Hall–Kier alpha value is -2.36. The van der Waals surface area contributed by atoms with Crippen molar-refractivity contribution in [1.82, 2.24) is 10.2 Å². The number of nitrogens with one attached hydrogen (secondary N) is 2. The van der Waals surface area contributed by atoms with E-state index in [-0.39, 0.29) is 11.6 Å². The Kier molecular flexibility index (Phi) is 4.31. The van der Waals surface area contributed by atoms with Crippen molar-refractivity contribution >= 4 is 39.4 Å². The molecule has 1 atom stereocenters. The third-order valence-corrected chi connectivity index (χ3v) is 5.93. The van der Waals surface area contributed by atoms with Crippen molar-refractivity contribution in [2.45, 2.75) is 26.8 Å². The molecule has 0 fully saturated rings. The van der Waals surface area contributed by atoms with Gasteiger partial charge < -0.3 is 5.32 Å². The number of nitriles is 1. The van der Waals surface area contributed by atoms with E-state index >= 15 is 0 Å². The second-order valence-electron chi connectivity index (χ2n) is 5.61. The molecular formula is C17H15ClN4OS. The summed E-state index contributed by atoms with van der Waals surface area (Å²) in [6, 6.07) is 7.68. The first kappa shape index (κ1) is 16.5. The summed E-state index contributed by atoms with van der Waals surface area (Å²) in [4.78, 5) is 13.5. The molecule has 0 amide bonds. The van der Waals surface area contributed by atoms with Gasteiger partial charge in [0.2, 0.25) is 0 Å². The van der Waals surface area contributed by atoms with Crippen molar-refractivity contribution in [2.24, 2.45) is 0 Å². The molecule has 1 unspecified atom stereocenters. The van der Waals surface area contributed by atoms with Gasteiger partial charge in [-0.1, -0.05) is 17.7 Å². The summed E-state index contributed by atoms with van der Waals surface area (Å²) >= 11 is 7.74. The highest BCUT2D eigenvalue weighted by Crippen LogP contribution is 2.37. The lowest BCUT2D eigenvalue weighted by Gasteiger charge is -2.15. The van der Waals surface area contributed by atoms with Gasteiger partial charge in [0.25, 0.3) is 5.56 Å². The van der Waals surface area contributed by atoms with E-state index in [0.717, 1.165) is 27.2 Å². The van der Waals surface area contributed by atoms with Crippen molar-refractivity contribution in [3.8, 4) is 6.07 Å². The number of H-pyrrole nitrogens is 1. The van der Waals surface area contributed by atoms with Crippen molar-refractivity contribution in [3.63, 3.8) is 0 Å². The third kappa shape index (κ3) is 2.77. The quantitative estimate of drug-likeness (QED) is 0.731. The van der Waals surface area contributed by atoms with Crippen LogP contribution in [-0.4, -0.2) is 10.2 Å². The molecule has 2 N–H and O–H groups in total. The Morgan fingerprint density at radius 2 is 2.12 bits per heavy atom. The zero-order valence-corrected chi connectivity index (χ0v) is 15.0. The zero-order valence-electron chi connectivity index (χ0n) is 13.4. The predicted molar refractivity (Wildman–Crippen MR) is 97.9 cm³/mol. The molecule has 122 valence electrons. The number of aromatic amines is 1. The number of thiophene rings is 1. The molecule has 24 heavy (non-hydrogen) atoms. The molecule has 7 heteroatoms. The fourth-order valence-electron chi connectivity index (χ4n) is 2.61. The molecule has 0 aliphatic carbocycles. The highest BCUT2D eigenvalue weighted by atomic mass is 35.5. The largest absolute Gasteiger partial charge is 0.378 e. The van der Waals surface area contributed by atoms with Gasteiger partial charge in [0.05, 0.1) is 22.1 Å². The molecule has 0 aliphatic heterocycles. The maximum absolute atomic E-state index is 12.0. The van der Waals surface area contributed by atoms with Crippen LogP contribution in [0.15, 0.2) is 23.0 Å². The summed E-state index contributed by atoms with van der Waals surface area (Å²) < 4.78 is 0. The molecule has 0 saturated heterocycles. The number of aromatic nitrogens is 2. The number of hydrogen-bond acceptors (Lipinski definition) is 5. The van der Waals surface area contributed by atoms with Crippen molar-refractivity contribution in [3.05, 3.63) is 54.6 Å². The highest BCUT2D eigenvalue weighted by Gasteiger charge is 2.18. The van der Waals surface area contributed by atoms with Gasteiger partial charge in [-0.05, 0) is 38.5 Å². The average Bonchev–Trinajstić information content (AvgIpc) is 2.86. The topological polar surface area (TPSA) is 81.6 Å². The van der Waals surface area contributed by atoms with Crippen LogP contribution in [0.3, 0.4) is 0 Å². The first-order chi connectivity index (χ1) is 11.4. The van der Waals surface area contributed by atoms with Crippen LogP contribution >= 0.6 is 22.9 Å². The molecule has 3 rings (SSSR count). The fraction of sp³-hybridized carbons (Fsp3) is 0.235. The first-order valence-corrected chi connectivity index (χ1v) is 8.56. The lowest BCUT2D eigenvalue weighted by molar-refractivity contribution is 0.907.